The maximum atomic E-state index is 12.8. The smallest absolute Gasteiger partial charge is 0.255 e. The van der Waals surface area contributed by atoms with E-state index in [2.05, 4.69) is 10.2 Å². The quantitative estimate of drug-likeness (QED) is 0.711. The molecule has 6 heteroatoms. The highest BCUT2D eigenvalue weighted by Gasteiger charge is 2.18. The largest absolute Gasteiger partial charge is 0.491 e. The van der Waals surface area contributed by atoms with Crippen LogP contribution in [0.5, 0.6) is 5.75 Å². The van der Waals surface area contributed by atoms with Crippen molar-refractivity contribution in [3.05, 3.63) is 53.1 Å². The van der Waals surface area contributed by atoms with Gasteiger partial charge >= 0.3 is 0 Å². The molecule has 2 aromatic carbocycles. The number of hydrogen-bond donors (Lipinski definition) is 1. The Bertz CT molecular complexity index is 829. The second-order valence-electron chi connectivity index (χ2n) is 7.63. The van der Waals surface area contributed by atoms with Crippen LogP contribution in [0.3, 0.4) is 0 Å². The van der Waals surface area contributed by atoms with Gasteiger partial charge in [0.2, 0.25) is 0 Å². The fourth-order valence-electron chi connectivity index (χ4n) is 3.88. The highest BCUT2D eigenvalue weighted by molar-refractivity contribution is 6.31. The van der Waals surface area contributed by atoms with Crippen LogP contribution in [0.1, 0.15) is 42.5 Å². The molecule has 4 rings (SSSR count). The topological polar surface area (TPSA) is 50.8 Å². The molecular formula is C23H27ClN2O3. The van der Waals surface area contributed by atoms with Gasteiger partial charge in [-0.3, -0.25) is 4.79 Å². The third-order valence-electron chi connectivity index (χ3n) is 5.48. The molecule has 1 unspecified atom stereocenters. The Morgan fingerprint density at radius 1 is 1.10 bits per heavy atom. The van der Waals surface area contributed by atoms with Crippen molar-refractivity contribution in [1.82, 2.24) is 0 Å². The van der Waals surface area contributed by atoms with Gasteiger partial charge in [0, 0.05) is 30.3 Å². The molecule has 0 bridgehead atoms. The molecule has 2 aromatic rings. The Kier molecular flexibility index (Phi) is 6.57. The number of carbonyl (C=O) groups is 1. The maximum absolute atomic E-state index is 12.8. The molecule has 0 aliphatic carbocycles. The van der Waals surface area contributed by atoms with Gasteiger partial charge in [0.15, 0.2) is 0 Å². The van der Waals surface area contributed by atoms with E-state index in [0.717, 1.165) is 49.7 Å². The van der Waals surface area contributed by atoms with E-state index in [1.54, 1.807) is 12.1 Å². The van der Waals surface area contributed by atoms with Crippen LogP contribution in [0.4, 0.5) is 11.4 Å². The highest BCUT2D eigenvalue weighted by Crippen LogP contribution is 2.31. The molecule has 154 valence electrons. The minimum atomic E-state index is -0.156. The number of amides is 1. The number of hydrogen-bond acceptors (Lipinski definition) is 4. The van der Waals surface area contributed by atoms with Crippen molar-refractivity contribution in [3.8, 4) is 5.75 Å². The highest BCUT2D eigenvalue weighted by atomic mass is 35.5. The van der Waals surface area contributed by atoms with Gasteiger partial charge in [0.1, 0.15) is 12.4 Å². The van der Waals surface area contributed by atoms with Crippen molar-refractivity contribution in [2.75, 3.05) is 36.5 Å². The number of halogens is 1. The zero-order chi connectivity index (χ0) is 20.1. The van der Waals surface area contributed by atoms with E-state index in [9.17, 15) is 4.79 Å². The van der Waals surface area contributed by atoms with Gasteiger partial charge in [-0.1, -0.05) is 11.6 Å². The van der Waals surface area contributed by atoms with Crippen LogP contribution in [0.25, 0.3) is 0 Å². The number of nitrogens with zero attached hydrogens (tertiary/aromatic N) is 1. The normalized spacial score (nSPS) is 19.2. The summed E-state index contributed by atoms with van der Waals surface area (Å²) in [5, 5.41) is 3.65. The Hall–Kier alpha value is -2.24. The average molecular weight is 415 g/mol. The van der Waals surface area contributed by atoms with Gasteiger partial charge < -0.3 is 19.7 Å². The van der Waals surface area contributed by atoms with Crippen LogP contribution >= 0.6 is 11.6 Å². The van der Waals surface area contributed by atoms with Crippen LogP contribution in [0.2, 0.25) is 5.02 Å². The van der Waals surface area contributed by atoms with Crippen molar-refractivity contribution < 1.29 is 14.3 Å². The number of rotatable bonds is 6. The summed E-state index contributed by atoms with van der Waals surface area (Å²) >= 11 is 6.20. The predicted molar refractivity (Wildman–Crippen MR) is 116 cm³/mol. The standard InChI is InChI=1S/C23H27ClN2O3/c24-18-8-11-22(26-12-2-1-3-13-26)21(15-18)25-23(27)17-6-9-19(10-7-17)29-16-20-5-4-14-28-20/h6-11,15,20H,1-5,12-14,16H2,(H,25,27). The van der Waals surface area contributed by atoms with Gasteiger partial charge in [0.05, 0.1) is 17.5 Å². The van der Waals surface area contributed by atoms with Gasteiger partial charge in [-0.05, 0) is 74.6 Å². The van der Waals surface area contributed by atoms with Crippen molar-refractivity contribution in [2.24, 2.45) is 0 Å². The summed E-state index contributed by atoms with van der Waals surface area (Å²) in [5.41, 5.74) is 2.36. The van der Waals surface area contributed by atoms with E-state index < -0.39 is 0 Å². The average Bonchev–Trinajstić information content (AvgIpc) is 3.27. The summed E-state index contributed by atoms with van der Waals surface area (Å²) < 4.78 is 11.3. The Morgan fingerprint density at radius 3 is 2.62 bits per heavy atom. The molecule has 0 saturated carbocycles. The third-order valence-corrected chi connectivity index (χ3v) is 5.72. The first-order chi connectivity index (χ1) is 14.2. The summed E-state index contributed by atoms with van der Waals surface area (Å²) in [6.45, 7) is 3.37. The molecule has 2 aliphatic heterocycles. The fourth-order valence-corrected chi connectivity index (χ4v) is 4.05. The Morgan fingerprint density at radius 2 is 1.90 bits per heavy atom. The molecule has 2 heterocycles. The zero-order valence-electron chi connectivity index (χ0n) is 16.5. The third kappa shape index (κ3) is 5.22. The molecule has 29 heavy (non-hydrogen) atoms. The zero-order valence-corrected chi connectivity index (χ0v) is 17.3. The fraction of sp³-hybridized carbons (Fsp3) is 0.435. The number of nitrogens with one attached hydrogen (secondary N) is 1. The monoisotopic (exact) mass is 414 g/mol. The summed E-state index contributed by atoms with van der Waals surface area (Å²) in [6, 6.07) is 12.9. The van der Waals surface area contributed by atoms with E-state index in [0.29, 0.717) is 17.2 Å². The lowest BCUT2D eigenvalue weighted by Gasteiger charge is -2.30. The minimum Gasteiger partial charge on any atom is -0.491 e. The SMILES string of the molecule is O=C(Nc1cc(Cl)ccc1N1CCCCC1)c1ccc(OCC2CCCO2)cc1. The first-order valence-electron chi connectivity index (χ1n) is 10.4. The van der Waals surface area contributed by atoms with Crippen LogP contribution < -0.4 is 15.0 Å². The van der Waals surface area contributed by atoms with E-state index in [1.165, 1.54) is 19.3 Å². The number of ether oxygens (including phenoxy) is 2. The van der Waals surface area contributed by atoms with Crippen molar-refractivity contribution in [1.29, 1.82) is 0 Å². The van der Waals surface area contributed by atoms with E-state index in [-0.39, 0.29) is 12.0 Å². The molecule has 1 N–H and O–H groups in total. The molecule has 5 nitrogen and oxygen atoms in total. The molecule has 1 atom stereocenters. The van der Waals surface area contributed by atoms with Gasteiger partial charge in [0.25, 0.3) is 5.91 Å². The molecule has 0 spiro atoms. The number of carbonyl (C=O) groups excluding carboxylic acids is 1. The van der Waals surface area contributed by atoms with Crippen LogP contribution in [0, 0.1) is 0 Å². The lowest BCUT2D eigenvalue weighted by molar-refractivity contribution is 0.0679. The van der Waals surface area contributed by atoms with Crippen LogP contribution in [-0.2, 0) is 4.74 Å². The van der Waals surface area contributed by atoms with Crippen LogP contribution in [0.15, 0.2) is 42.5 Å². The molecule has 2 aliphatic rings. The molecule has 0 radical (unpaired) electrons. The van der Waals surface area contributed by atoms with E-state index in [4.69, 9.17) is 21.1 Å². The summed E-state index contributed by atoms with van der Waals surface area (Å²) in [7, 11) is 0. The number of benzene rings is 2. The summed E-state index contributed by atoms with van der Waals surface area (Å²) in [4.78, 5) is 15.1. The van der Waals surface area contributed by atoms with E-state index >= 15 is 0 Å². The Balaban J connectivity index is 1.41. The van der Waals surface area contributed by atoms with Crippen LogP contribution in [-0.4, -0.2) is 38.3 Å². The number of piperidine rings is 1. The summed E-state index contributed by atoms with van der Waals surface area (Å²) in [6.07, 6.45) is 5.91. The first-order valence-corrected chi connectivity index (χ1v) is 10.8. The lowest BCUT2D eigenvalue weighted by atomic mass is 10.1. The first kappa shape index (κ1) is 20.0. The second kappa shape index (κ2) is 9.51. The predicted octanol–water partition coefficient (Wildman–Crippen LogP) is 5.14. The Labute approximate surface area is 176 Å². The van der Waals surface area contributed by atoms with Crippen molar-refractivity contribution in [3.63, 3.8) is 0 Å². The summed E-state index contributed by atoms with van der Waals surface area (Å²) in [5.74, 6) is 0.588. The minimum absolute atomic E-state index is 0.156. The lowest BCUT2D eigenvalue weighted by Crippen LogP contribution is -2.30. The molecular weight excluding hydrogens is 388 g/mol. The maximum Gasteiger partial charge on any atom is 0.255 e. The van der Waals surface area contributed by atoms with Gasteiger partial charge in [-0.25, -0.2) is 0 Å². The van der Waals surface area contributed by atoms with Gasteiger partial charge in [-0.2, -0.15) is 0 Å². The molecule has 2 saturated heterocycles. The second-order valence-corrected chi connectivity index (χ2v) is 8.07. The van der Waals surface area contributed by atoms with Crippen molar-refractivity contribution in [2.45, 2.75) is 38.2 Å². The number of anilines is 2. The van der Waals surface area contributed by atoms with E-state index in [1.807, 2.05) is 30.3 Å². The van der Waals surface area contributed by atoms with Crippen molar-refractivity contribution >= 4 is 28.9 Å². The molecule has 2 fully saturated rings. The van der Waals surface area contributed by atoms with Gasteiger partial charge in [-0.15, -0.1) is 0 Å². The molecule has 0 aromatic heterocycles. The molecule has 1 amide bonds.